The second-order valence-corrected chi connectivity index (χ2v) is 8.82. The summed E-state index contributed by atoms with van der Waals surface area (Å²) in [6.07, 6.45) is 0.547. The molecule has 2 aromatic rings. The molecule has 0 spiro atoms. The first kappa shape index (κ1) is 13.5. The minimum absolute atomic E-state index is 0.0467. The molecule has 0 amide bonds. The van der Waals surface area contributed by atoms with Gasteiger partial charge in [0.2, 0.25) is 0 Å². The molecule has 0 bridgehead atoms. The van der Waals surface area contributed by atoms with Gasteiger partial charge in [0.25, 0.3) is 7.37 Å². The molecule has 1 unspecified atom stereocenters. The Bertz CT molecular complexity index is 698. The van der Waals surface area contributed by atoms with Crippen molar-refractivity contribution < 1.29 is 9.09 Å². The molecule has 2 nitrogen and oxygen atoms in total. The Hall–Kier alpha value is -1.53. The molecule has 2 aromatic carbocycles. The van der Waals surface area contributed by atoms with E-state index >= 15 is 0 Å². The summed E-state index contributed by atoms with van der Waals surface area (Å²) in [6, 6.07) is 15.7. The summed E-state index contributed by atoms with van der Waals surface area (Å²) in [4.78, 5) is 0. The molecule has 20 heavy (non-hydrogen) atoms. The number of hydrogen-bond acceptors (Lipinski definition) is 2. The Balaban J connectivity index is 2.21. The van der Waals surface area contributed by atoms with Gasteiger partial charge in [-0.15, -0.1) is 0 Å². The monoisotopic (exact) mass is 286 g/mol. The summed E-state index contributed by atoms with van der Waals surface area (Å²) >= 11 is 0. The van der Waals surface area contributed by atoms with Crippen LogP contribution in [0.15, 0.2) is 48.5 Å². The zero-order valence-corrected chi connectivity index (χ0v) is 13.0. The molecule has 1 aliphatic rings. The van der Waals surface area contributed by atoms with E-state index < -0.39 is 7.37 Å². The van der Waals surface area contributed by atoms with E-state index in [1.54, 1.807) is 0 Å². The van der Waals surface area contributed by atoms with E-state index in [1.807, 2.05) is 48.5 Å². The normalized spacial score (nSPS) is 20.8. The van der Waals surface area contributed by atoms with Crippen LogP contribution in [0.5, 0.6) is 5.75 Å². The molecule has 0 saturated carbocycles. The molecule has 0 N–H and O–H groups in total. The van der Waals surface area contributed by atoms with Crippen LogP contribution >= 0.6 is 7.37 Å². The summed E-state index contributed by atoms with van der Waals surface area (Å²) < 4.78 is 19.4. The summed E-state index contributed by atoms with van der Waals surface area (Å²) in [5.74, 6) is 0.735. The number of para-hydroxylation sites is 1. The van der Waals surface area contributed by atoms with Gasteiger partial charge in [-0.3, -0.25) is 4.57 Å². The molecule has 3 rings (SSSR count). The van der Waals surface area contributed by atoms with Gasteiger partial charge in [0, 0.05) is 11.7 Å². The quantitative estimate of drug-likeness (QED) is 0.710. The lowest BCUT2D eigenvalue weighted by Crippen LogP contribution is -2.25. The zero-order valence-electron chi connectivity index (χ0n) is 12.1. The molecule has 1 heterocycles. The van der Waals surface area contributed by atoms with Crippen LogP contribution in [-0.4, -0.2) is 6.16 Å². The second-order valence-electron chi connectivity index (χ2n) is 6.50. The molecule has 0 radical (unpaired) electrons. The number of rotatable bonds is 1. The Morgan fingerprint density at radius 3 is 2.25 bits per heavy atom. The van der Waals surface area contributed by atoms with E-state index in [2.05, 4.69) is 20.8 Å². The average molecular weight is 286 g/mol. The highest BCUT2D eigenvalue weighted by molar-refractivity contribution is 7.67. The van der Waals surface area contributed by atoms with Crippen LogP contribution in [0.25, 0.3) is 11.1 Å². The molecule has 0 saturated heterocycles. The Morgan fingerprint density at radius 1 is 0.950 bits per heavy atom. The smallest absolute Gasteiger partial charge is 0.278 e. The molecule has 1 aliphatic heterocycles. The SMILES string of the molecule is CC(C)(C)CP1(=O)Oc2ccccc2-c2ccccc21. The molecular weight excluding hydrogens is 267 g/mol. The maximum atomic E-state index is 13.4. The van der Waals surface area contributed by atoms with Crippen molar-refractivity contribution in [2.75, 3.05) is 6.16 Å². The maximum Gasteiger partial charge on any atom is 0.278 e. The lowest BCUT2D eigenvalue weighted by Gasteiger charge is -2.32. The zero-order chi connectivity index (χ0) is 14.4. The van der Waals surface area contributed by atoms with Crippen molar-refractivity contribution in [3.8, 4) is 16.9 Å². The Morgan fingerprint density at radius 2 is 1.55 bits per heavy atom. The summed E-state index contributed by atoms with van der Waals surface area (Å²) in [6.45, 7) is 6.29. The highest BCUT2D eigenvalue weighted by Crippen LogP contribution is 2.56. The van der Waals surface area contributed by atoms with Crippen molar-refractivity contribution in [3.05, 3.63) is 48.5 Å². The number of fused-ring (bicyclic) bond motifs is 3. The lowest BCUT2D eigenvalue weighted by atomic mass is 10.0. The van der Waals surface area contributed by atoms with Crippen molar-refractivity contribution in [1.82, 2.24) is 0 Å². The highest BCUT2D eigenvalue weighted by atomic mass is 31.2. The molecule has 1 atom stereocenters. The first-order chi connectivity index (χ1) is 9.39. The van der Waals surface area contributed by atoms with E-state index in [0.717, 1.165) is 22.2 Å². The largest absolute Gasteiger partial charge is 0.439 e. The predicted octanol–water partition coefficient (Wildman–Crippen LogP) is 4.70. The van der Waals surface area contributed by atoms with E-state index in [0.29, 0.717) is 6.16 Å². The van der Waals surface area contributed by atoms with Crippen molar-refractivity contribution in [2.45, 2.75) is 20.8 Å². The topological polar surface area (TPSA) is 26.3 Å². The predicted molar refractivity (Wildman–Crippen MR) is 84.1 cm³/mol. The van der Waals surface area contributed by atoms with Crippen LogP contribution in [0.2, 0.25) is 0 Å². The Kier molecular flexibility index (Phi) is 3.02. The summed E-state index contributed by atoms with van der Waals surface area (Å²) in [5.41, 5.74) is 2.03. The van der Waals surface area contributed by atoms with E-state index in [-0.39, 0.29) is 5.41 Å². The third-order valence-electron chi connectivity index (χ3n) is 3.38. The Labute approximate surface area is 120 Å². The fourth-order valence-electron chi connectivity index (χ4n) is 2.72. The highest BCUT2D eigenvalue weighted by Gasteiger charge is 2.38. The van der Waals surface area contributed by atoms with E-state index in [9.17, 15) is 4.57 Å². The van der Waals surface area contributed by atoms with Gasteiger partial charge >= 0.3 is 0 Å². The summed E-state index contributed by atoms with van der Waals surface area (Å²) in [7, 11) is -2.86. The van der Waals surface area contributed by atoms with Gasteiger partial charge in [0.1, 0.15) is 5.75 Å². The van der Waals surface area contributed by atoms with Gasteiger partial charge in [-0.1, -0.05) is 57.2 Å². The van der Waals surface area contributed by atoms with Gasteiger partial charge in [0.15, 0.2) is 0 Å². The van der Waals surface area contributed by atoms with E-state index in [4.69, 9.17) is 4.52 Å². The maximum absolute atomic E-state index is 13.4. The first-order valence-electron chi connectivity index (χ1n) is 6.87. The molecule has 0 aromatic heterocycles. The van der Waals surface area contributed by atoms with Gasteiger partial charge < -0.3 is 4.52 Å². The third kappa shape index (κ3) is 2.29. The number of benzene rings is 2. The standard InChI is InChI=1S/C17H19O2P/c1-17(2,3)12-20(18)16-11-7-5-9-14(16)13-8-4-6-10-15(13)19-20/h4-11H,12H2,1-3H3. The van der Waals surface area contributed by atoms with Crippen LogP contribution in [0.3, 0.4) is 0 Å². The minimum atomic E-state index is -2.86. The fourth-order valence-corrected chi connectivity index (χ4v) is 5.65. The lowest BCUT2D eigenvalue weighted by molar-refractivity contribution is 0.428. The molecular formula is C17H19O2P. The van der Waals surface area contributed by atoms with Crippen molar-refractivity contribution in [1.29, 1.82) is 0 Å². The van der Waals surface area contributed by atoms with Gasteiger partial charge in [0.05, 0.1) is 5.30 Å². The summed E-state index contributed by atoms with van der Waals surface area (Å²) in [5, 5.41) is 0.855. The molecule has 0 fully saturated rings. The molecule has 3 heteroatoms. The van der Waals surface area contributed by atoms with Crippen LogP contribution < -0.4 is 9.83 Å². The van der Waals surface area contributed by atoms with Crippen molar-refractivity contribution in [2.24, 2.45) is 5.41 Å². The second kappa shape index (κ2) is 4.49. The van der Waals surface area contributed by atoms with Gasteiger partial charge in [-0.25, -0.2) is 0 Å². The van der Waals surface area contributed by atoms with Gasteiger partial charge in [-0.05, 0) is 23.1 Å². The number of hydrogen-bond donors (Lipinski definition) is 0. The minimum Gasteiger partial charge on any atom is -0.439 e. The van der Waals surface area contributed by atoms with Crippen LogP contribution in [0.1, 0.15) is 20.8 Å². The van der Waals surface area contributed by atoms with Crippen LogP contribution in [0, 0.1) is 5.41 Å². The van der Waals surface area contributed by atoms with Crippen LogP contribution in [0.4, 0.5) is 0 Å². The molecule has 104 valence electrons. The molecule has 0 aliphatic carbocycles. The average Bonchev–Trinajstić information content (AvgIpc) is 2.37. The first-order valence-corrected chi connectivity index (χ1v) is 8.68. The van der Waals surface area contributed by atoms with E-state index in [1.165, 1.54) is 0 Å². The van der Waals surface area contributed by atoms with Crippen LogP contribution in [-0.2, 0) is 4.57 Å². The fraction of sp³-hybridized carbons (Fsp3) is 0.294. The van der Waals surface area contributed by atoms with Crippen molar-refractivity contribution >= 4 is 12.7 Å². The van der Waals surface area contributed by atoms with Crippen molar-refractivity contribution in [3.63, 3.8) is 0 Å². The third-order valence-corrected chi connectivity index (χ3v) is 6.36. The van der Waals surface area contributed by atoms with Gasteiger partial charge in [-0.2, -0.15) is 0 Å².